The predicted octanol–water partition coefficient (Wildman–Crippen LogP) is -1.79. The first-order valence-corrected chi connectivity index (χ1v) is 3.98. The first kappa shape index (κ1) is 12.4. The number of nitrogens with one attached hydrogen (secondary N) is 1. The number of carbonyl (C=O) groups is 2. The third-order valence-electron chi connectivity index (χ3n) is 1.55. The Bertz CT molecular complexity index is 259. The molecule has 0 aromatic heterocycles. The van der Waals surface area contributed by atoms with Gasteiger partial charge in [-0.2, -0.15) is 0 Å². The summed E-state index contributed by atoms with van der Waals surface area (Å²) in [6.45, 7) is 0. The summed E-state index contributed by atoms with van der Waals surface area (Å²) in [5, 5.41) is 10.7. The molecule has 0 radical (unpaired) electrons. The van der Waals surface area contributed by atoms with Crippen molar-refractivity contribution in [2.24, 2.45) is 11.5 Å². The number of carboxylic acids is 1. The van der Waals surface area contributed by atoms with E-state index in [-0.39, 0.29) is 12.8 Å². The van der Waals surface area contributed by atoms with E-state index in [4.69, 9.17) is 23.0 Å². The Balaban J connectivity index is 3.75. The monoisotopic (exact) mass is 199 g/mol. The molecule has 0 heterocycles. The zero-order chi connectivity index (χ0) is 11.1. The number of nitrogens with two attached hydrogens (primary N) is 2. The van der Waals surface area contributed by atoms with Gasteiger partial charge in [0.15, 0.2) is 0 Å². The molecular weight excluding hydrogens is 186 g/mol. The van der Waals surface area contributed by atoms with E-state index in [1.807, 2.05) is 5.92 Å². The average Bonchev–Trinajstić information content (AvgIpc) is 2.13. The highest BCUT2D eigenvalue weighted by Crippen LogP contribution is 1.96. The van der Waals surface area contributed by atoms with Gasteiger partial charge >= 0.3 is 5.97 Å². The van der Waals surface area contributed by atoms with Gasteiger partial charge in [0.2, 0.25) is 0 Å². The molecule has 0 saturated carbocycles. The standard InChI is InChI=1S/C8H13N3O3/c1-2-7(12)11-6(10)4-3-5(9)8(13)14/h1,5-6H,3-4,9-10H2,(H,11,12)(H,13,14). The molecule has 0 saturated heterocycles. The molecule has 0 aromatic carbocycles. The van der Waals surface area contributed by atoms with E-state index in [1.54, 1.807) is 0 Å². The lowest BCUT2D eigenvalue weighted by Gasteiger charge is -2.13. The molecule has 78 valence electrons. The van der Waals surface area contributed by atoms with Gasteiger partial charge in [0.25, 0.3) is 5.91 Å². The third-order valence-corrected chi connectivity index (χ3v) is 1.55. The van der Waals surface area contributed by atoms with Gasteiger partial charge in [0.1, 0.15) is 6.04 Å². The van der Waals surface area contributed by atoms with Crippen LogP contribution in [-0.4, -0.2) is 29.2 Å². The van der Waals surface area contributed by atoms with Gasteiger partial charge < -0.3 is 21.9 Å². The zero-order valence-electron chi connectivity index (χ0n) is 7.56. The molecule has 0 aliphatic rings. The lowest BCUT2D eigenvalue weighted by atomic mass is 10.1. The molecule has 6 N–H and O–H groups in total. The molecule has 6 heteroatoms. The van der Waals surface area contributed by atoms with E-state index in [2.05, 4.69) is 5.32 Å². The molecule has 1 amide bonds. The predicted molar refractivity (Wildman–Crippen MR) is 49.8 cm³/mol. The average molecular weight is 199 g/mol. The minimum absolute atomic E-state index is 0.182. The molecular formula is C8H13N3O3. The van der Waals surface area contributed by atoms with Gasteiger partial charge in [-0.05, 0) is 18.8 Å². The van der Waals surface area contributed by atoms with Crippen molar-refractivity contribution in [1.82, 2.24) is 5.32 Å². The van der Waals surface area contributed by atoms with Crippen molar-refractivity contribution in [2.75, 3.05) is 0 Å². The molecule has 0 spiro atoms. The van der Waals surface area contributed by atoms with Crippen LogP contribution in [0.15, 0.2) is 0 Å². The fourth-order valence-electron chi connectivity index (χ4n) is 0.765. The van der Waals surface area contributed by atoms with Crippen molar-refractivity contribution < 1.29 is 14.7 Å². The number of hydrogen-bond donors (Lipinski definition) is 4. The van der Waals surface area contributed by atoms with Crippen LogP contribution in [0.3, 0.4) is 0 Å². The smallest absolute Gasteiger partial charge is 0.320 e. The number of aliphatic carboxylic acids is 1. The minimum Gasteiger partial charge on any atom is -0.480 e. The third kappa shape index (κ3) is 5.13. The summed E-state index contributed by atoms with van der Waals surface area (Å²) in [4.78, 5) is 20.9. The maximum absolute atomic E-state index is 10.6. The van der Waals surface area contributed by atoms with E-state index in [1.165, 1.54) is 0 Å². The van der Waals surface area contributed by atoms with Crippen LogP contribution in [0.1, 0.15) is 12.8 Å². The number of terminal acetylenes is 1. The fourth-order valence-corrected chi connectivity index (χ4v) is 0.765. The number of carboxylic acid groups (broad SMARTS) is 1. The molecule has 0 rings (SSSR count). The molecule has 2 atom stereocenters. The van der Waals surface area contributed by atoms with E-state index >= 15 is 0 Å². The molecule has 0 aromatic rings. The van der Waals surface area contributed by atoms with Crippen LogP contribution < -0.4 is 16.8 Å². The van der Waals surface area contributed by atoms with Gasteiger partial charge in [-0.25, -0.2) is 0 Å². The van der Waals surface area contributed by atoms with E-state index in [0.717, 1.165) is 0 Å². The fraction of sp³-hybridized carbons (Fsp3) is 0.500. The summed E-state index contributed by atoms with van der Waals surface area (Å²) in [5.41, 5.74) is 10.6. The van der Waals surface area contributed by atoms with E-state index in [9.17, 15) is 9.59 Å². The molecule has 0 bridgehead atoms. The Morgan fingerprint density at radius 3 is 2.43 bits per heavy atom. The molecule has 2 unspecified atom stereocenters. The Morgan fingerprint density at radius 2 is 2.00 bits per heavy atom. The van der Waals surface area contributed by atoms with Gasteiger partial charge in [0.05, 0.1) is 6.17 Å². The van der Waals surface area contributed by atoms with E-state index < -0.39 is 24.1 Å². The van der Waals surface area contributed by atoms with Crippen LogP contribution in [0, 0.1) is 12.3 Å². The van der Waals surface area contributed by atoms with Crippen LogP contribution >= 0.6 is 0 Å². The summed E-state index contributed by atoms with van der Waals surface area (Å²) in [7, 11) is 0. The normalized spacial score (nSPS) is 13.8. The summed E-state index contributed by atoms with van der Waals surface area (Å²) in [6.07, 6.45) is 4.57. The number of carbonyl (C=O) groups excluding carboxylic acids is 1. The van der Waals surface area contributed by atoms with Crippen molar-refractivity contribution >= 4 is 11.9 Å². The Kier molecular flexibility index (Phi) is 5.29. The minimum atomic E-state index is -1.10. The maximum Gasteiger partial charge on any atom is 0.320 e. The van der Waals surface area contributed by atoms with Crippen LogP contribution in [-0.2, 0) is 9.59 Å². The first-order chi connectivity index (χ1) is 6.47. The Morgan fingerprint density at radius 1 is 1.43 bits per heavy atom. The highest BCUT2D eigenvalue weighted by atomic mass is 16.4. The van der Waals surface area contributed by atoms with Crippen LogP contribution in [0.25, 0.3) is 0 Å². The van der Waals surface area contributed by atoms with Crippen molar-refractivity contribution in [3.05, 3.63) is 0 Å². The van der Waals surface area contributed by atoms with Gasteiger partial charge in [-0.1, -0.05) is 0 Å². The SMILES string of the molecule is C#CC(=O)NC(N)CCC(N)C(=O)O. The van der Waals surface area contributed by atoms with Crippen molar-refractivity contribution in [1.29, 1.82) is 0 Å². The highest BCUT2D eigenvalue weighted by molar-refractivity contribution is 5.92. The summed E-state index contributed by atoms with van der Waals surface area (Å²) in [5.74, 6) is 0.108. The largest absolute Gasteiger partial charge is 0.480 e. The maximum atomic E-state index is 10.6. The van der Waals surface area contributed by atoms with Crippen molar-refractivity contribution in [3.8, 4) is 12.3 Å². The molecule has 6 nitrogen and oxygen atoms in total. The zero-order valence-corrected chi connectivity index (χ0v) is 7.56. The van der Waals surface area contributed by atoms with Crippen molar-refractivity contribution in [3.63, 3.8) is 0 Å². The quantitative estimate of drug-likeness (QED) is 0.308. The Hall–Kier alpha value is -1.58. The lowest BCUT2D eigenvalue weighted by Crippen LogP contribution is -2.42. The highest BCUT2D eigenvalue weighted by Gasteiger charge is 2.13. The first-order valence-electron chi connectivity index (χ1n) is 3.98. The molecule has 14 heavy (non-hydrogen) atoms. The molecule has 0 fully saturated rings. The second kappa shape index (κ2) is 5.96. The second-order valence-electron chi connectivity index (χ2n) is 2.75. The molecule has 0 aliphatic heterocycles. The summed E-state index contributed by atoms with van der Waals surface area (Å²) < 4.78 is 0. The topological polar surface area (TPSA) is 118 Å². The van der Waals surface area contributed by atoms with E-state index in [0.29, 0.717) is 0 Å². The summed E-state index contributed by atoms with van der Waals surface area (Å²) in [6, 6.07) is -0.969. The van der Waals surface area contributed by atoms with Gasteiger partial charge in [0, 0.05) is 0 Å². The number of hydrogen-bond acceptors (Lipinski definition) is 4. The lowest BCUT2D eigenvalue weighted by molar-refractivity contribution is -0.138. The van der Waals surface area contributed by atoms with Crippen LogP contribution in [0.4, 0.5) is 0 Å². The van der Waals surface area contributed by atoms with Gasteiger partial charge in [-0.15, -0.1) is 6.42 Å². The number of amides is 1. The second-order valence-corrected chi connectivity index (χ2v) is 2.75. The van der Waals surface area contributed by atoms with Crippen LogP contribution in [0.2, 0.25) is 0 Å². The van der Waals surface area contributed by atoms with Crippen LogP contribution in [0.5, 0.6) is 0 Å². The van der Waals surface area contributed by atoms with Gasteiger partial charge in [-0.3, -0.25) is 9.59 Å². The van der Waals surface area contributed by atoms with Crippen molar-refractivity contribution in [2.45, 2.75) is 25.0 Å². The molecule has 0 aliphatic carbocycles. The number of rotatable bonds is 5. The Labute approximate surface area is 81.6 Å². The summed E-state index contributed by atoms with van der Waals surface area (Å²) >= 11 is 0.